The van der Waals surface area contributed by atoms with E-state index in [9.17, 15) is 15.2 Å². The number of hydrogen-bond acceptors (Lipinski definition) is 9. The van der Waals surface area contributed by atoms with E-state index in [0.717, 1.165) is 34.8 Å². The Hall–Kier alpha value is -4.86. The van der Waals surface area contributed by atoms with Crippen molar-refractivity contribution in [2.75, 3.05) is 4.90 Å². The van der Waals surface area contributed by atoms with Crippen molar-refractivity contribution < 1.29 is 9.90 Å². The maximum absolute atomic E-state index is 11.8. The van der Waals surface area contributed by atoms with Crippen molar-refractivity contribution in [2.24, 2.45) is 0 Å². The molecule has 0 fully saturated rings. The highest BCUT2D eigenvalue weighted by atomic mass is 32.1. The number of hydrogen-bond donors (Lipinski definition) is 1. The largest absolute Gasteiger partial charge is 0.477 e. The second kappa shape index (κ2) is 31.5. The van der Waals surface area contributed by atoms with Crippen LogP contribution in [0.25, 0.3) is 64.2 Å². The molecule has 0 aliphatic rings. The molecule has 0 spiro atoms. The normalized spacial score (nSPS) is 11.9. The van der Waals surface area contributed by atoms with Gasteiger partial charge in [0.25, 0.3) is 0 Å². The Balaban J connectivity index is 0.968. The number of nitriles is 1. The van der Waals surface area contributed by atoms with E-state index in [1.807, 2.05) is 68.8 Å². The molecule has 6 heterocycles. The first-order chi connectivity index (χ1) is 39.4. The van der Waals surface area contributed by atoms with Crippen LogP contribution in [0.4, 0.5) is 17.1 Å². The van der Waals surface area contributed by atoms with E-state index in [2.05, 4.69) is 122 Å². The molecule has 9 aromatic rings. The van der Waals surface area contributed by atoms with E-state index >= 15 is 0 Å². The number of rotatable bonds is 36. The van der Waals surface area contributed by atoms with E-state index in [4.69, 9.17) is 0 Å². The van der Waals surface area contributed by atoms with Gasteiger partial charge < -0.3 is 10.0 Å². The summed E-state index contributed by atoms with van der Waals surface area (Å²) in [5.74, 6) is -1.18. The number of thiophene rings is 6. The fourth-order valence-electron chi connectivity index (χ4n) is 11.3. The summed E-state index contributed by atoms with van der Waals surface area (Å²) in [6.07, 6.45) is 38.7. The van der Waals surface area contributed by atoms with E-state index in [1.54, 1.807) is 16.9 Å². The lowest BCUT2D eigenvalue weighted by Gasteiger charge is -2.25. The van der Waals surface area contributed by atoms with Gasteiger partial charge in [0.2, 0.25) is 0 Å². The van der Waals surface area contributed by atoms with Gasteiger partial charge in [-0.15, -0.1) is 68.0 Å². The first-order valence-electron chi connectivity index (χ1n) is 30.4. The van der Waals surface area contributed by atoms with Gasteiger partial charge in [-0.2, -0.15) is 5.26 Å². The van der Waals surface area contributed by atoms with Crippen LogP contribution in [0.2, 0.25) is 0 Å². The number of carboxylic acids is 1. The molecule has 80 heavy (non-hydrogen) atoms. The molecule has 6 aromatic heterocycles. The zero-order valence-electron chi connectivity index (χ0n) is 47.5. The SMILES string of the molecule is CCCCCCCCCCCCCCCc1c(-c2ccc(/C=C(/C#N)C(=O)O)s2)sc2c1sc1c3sc(-c4ccc(-c5ccc(N(c6ccccc6)c6ccccc6)cc5)s4)c(CCCCCCCCCCCCCCC)c3sc21. The zero-order chi connectivity index (χ0) is 55.3. The van der Waals surface area contributed by atoms with Gasteiger partial charge in [0.1, 0.15) is 11.6 Å². The molecule has 10 heteroatoms. The van der Waals surface area contributed by atoms with Gasteiger partial charge in [-0.25, -0.2) is 4.79 Å². The maximum Gasteiger partial charge on any atom is 0.346 e. The summed E-state index contributed by atoms with van der Waals surface area (Å²) in [5, 5.41) is 19.2. The standard InChI is InChI=1S/C70H82N2O2S6/c1-3-5-7-9-11-13-15-17-19-21-23-25-33-39-57-62(60-46-45-56(75-60)49-52(50-71)70(73)74)77-66-64(57)79-69-67-65(80-68(66)69)58(40-34-26-24-22-20-18-16-14-12-10-8-6-4-2)63(78-67)61-48-47-59(76-61)51-41-43-55(44-42-51)72(53-35-29-27-30-36-53)54-37-31-28-32-38-54/h27-32,35-38,41-49H,3-26,33-34,39-40H2,1-2H3,(H,73,74)/b52-49-. The molecule has 0 radical (unpaired) electrons. The van der Waals surface area contributed by atoms with Crippen LogP contribution < -0.4 is 4.90 Å². The summed E-state index contributed by atoms with van der Waals surface area (Å²) in [7, 11) is 0. The van der Waals surface area contributed by atoms with Crippen LogP contribution in [0.5, 0.6) is 0 Å². The first-order valence-corrected chi connectivity index (χ1v) is 35.3. The van der Waals surface area contributed by atoms with Crippen molar-refractivity contribution in [3.63, 3.8) is 0 Å². The van der Waals surface area contributed by atoms with E-state index in [1.165, 1.54) is 237 Å². The number of benzene rings is 3. The minimum atomic E-state index is -1.18. The summed E-state index contributed by atoms with van der Waals surface area (Å²) in [6, 6.07) is 41.2. The molecular weight excluding hydrogens is 1090 g/mol. The smallest absolute Gasteiger partial charge is 0.346 e. The van der Waals surface area contributed by atoms with Crippen LogP contribution >= 0.6 is 68.0 Å². The average Bonchev–Trinajstić information content (AvgIpc) is 4.51. The van der Waals surface area contributed by atoms with Crippen LogP contribution in [0, 0.1) is 11.3 Å². The Morgan fingerprint density at radius 2 is 0.800 bits per heavy atom. The monoisotopic (exact) mass is 1170 g/mol. The lowest BCUT2D eigenvalue weighted by molar-refractivity contribution is -0.132. The summed E-state index contributed by atoms with van der Waals surface area (Å²) in [6.45, 7) is 4.59. The third-order valence-corrected chi connectivity index (χ3v) is 24.0. The van der Waals surface area contributed by atoms with Crippen molar-refractivity contribution in [1.82, 2.24) is 0 Å². The number of nitrogens with zero attached hydrogens (tertiary/aromatic N) is 2. The van der Waals surface area contributed by atoms with E-state index < -0.39 is 5.97 Å². The Labute approximate surface area is 501 Å². The van der Waals surface area contributed by atoms with Crippen molar-refractivity contribution in [3.05, 3.63) is 131 Å². The third-order valence-electron chi connectivity index (χ3n) is 15.8. The fourth-order valence-corrected chi connectivity index (χ4v) is 19.8. The second-order valence-corrected chi connectivity index (χ2v) is 28.2. The molecule has 1 N–H and O–H groups in total. The number of unbranched alkanes of at least 4 members (excludes halogenated alkanes) is 24. The van der Waals surface area contributed by atoms with Crippen LogP contribution in [0.15, 0.2) is 115 Å². The Bertz CT molecular complexity index is 3340. The van der Waals surface area contributed by atoms with Gasteiger partial charge >= 0.3 is 5.97 Å². The van der Waals surface area contributed by atoms with Crippen molar-refractivity contribution in [2.45, 2.75) is 194 Å². The van der Waals surface area contributed by atoms with Crippen molar-refractivity contribution in [1.29, 1.82) is 5.26 Å². The molecule has 0 aliphatic carbocycles. The number of carbonyl (C=O) groups is 1. The number of fused-ring (bicyclic) bond motifs is 5. The first kappa shape index (κ1) is 59.8. The molecule has 0 saturated heterocycles. The van der Waals surface area contributed by atoms with E-state index in [0.29, 0.717) is 0 Å². The Morgan fingerprint density at radius 1 is 0.425 bits per heavy atom. The third kappa shape index (κ3) is 15.8. The molecule has 0 aliphatic heterocycles. The molecule has 9 rings (SSSR count). The molecule has 0 unspecified atom stereocenters. The molecule has 420 valence electrons. The lowest BCUT2D eigenvalue weighted by atomic mass is 10.0. The zero-order valence-corrected chi connectivity index (χ0v) is 52.4. The number of anilines is 3. The van der Waals surface area contributed by atoms with Gasteiger partial charge in [-0.1, -0.05) is 216 Å². The van der Waals surface area contributed by atoms with Crippen LogP contribution in [0.3, 0.4) is 0 Å². The van der Waals surface area contributed by atoms with Crippen LogP contribution in [-0.2, 0) is 17.6 Å². The summed E-state index contributed by atoms with van der Waals surface area (Å²) in [4.78, 5) is 21.6. The molecular formula is C70H82N2O2S6. The quantitative estimate of drug-likeness (QED) is 0.0241. The van der Waals surface area contributed by atoms with Crippen molar-refractivity contribution >= 4 is 125 Å². The number of para-hydroxylation sites is 2. The van der Waals surface area contributed by atoms with Crippen molar-refractivity contribution in [3.8, 4) is 36.0 Å². The van der Waals surface area contributed by atoms with Crippen LogP contribution in [-0.4, -0.2) is 11.1 Å². The van der Waals surface area contributed by atoms with E-state index in [-0.39, 0.29) is 5.57 Å². The fraction of sp³-hybridized carbons (Fsp3) is 0.429. The van der Waals surface area contributed by atoms with Gasteiger partial charge in [-0.05, 0) is 109 Å². The highest BCUT2D eigenvalue weighted by Gasteiger charge is 2.26. The number of carboxylic acid groups (broad SMARTS) is 1. The molecule has 3 aromatic carbocycles. The maximum atomic E-state index is 11.8. The predicted octanol–water partition coefficient (Wildman–Crippen LogP) is 25.2. The highest BCUT2D eigenvalue weighted by Crippen LogP contribution is 2.57. The molecule has 0 saturated carbocycles. The summed E-state index contributed by atoms with van der Waals surface area (Å²) in [5.41, 5.74) is 7.45. The highest BCUT2D eigenvalue weighted by molar-refractivity contribution is 7.46. The van der Waals surface area contributed by atoms with Crippen LogP contribution in [0.1, 0.15) is 197 Å². The molecule has 0 bridgehead atoms. The van der Waals surface area contributed by atoms with Gasteiger partial charge in [0, 0.05) is 46.3 Å². The summed E-state index contributed by atoms with van der Waals surface area (Å²) < 4.78 is 8.70. The minimum Gasteiger partial charge on any atom is -0.477 e. The topological polar surface area (TPSA) is 64.3 Å². The minimum absolute atomic E-state index is 0.227. The molecule has 0 atom stereocenters. The molecule has 4 nitrogen and oxygen atoms in total. The second-order valence-electron chi connectivity index (χ2n) is 21.9. The van der Waals surface area contributed by atoms with Gasteiger partial charge in [0.15, 0.2) is 0 Å². The predicted molar refractivity (Wildman–Crippen MR) is 357 cm³/mol. The number of aliphatic carboxylic acids is 1. The number of aryl methyl sites for hydroxylation is 2. The average molecular weight is 1180 g/mol. The molecule has 0 amide bonds. The Morgan fingerprint density at radius 3 is 1.23 bits per heavy atom. The van der Waals surface area contributed by atoms with Gasteiger partial charge in [0.05, 0.1) is 28.2 Å². The Kier molecular flexibility index (Phi) is 23.6. The summed E-state index contributed by atoms with van der Waals surface area (Å²) >= 11 is 11.6. The van der Waals surface area contributed by atoms with Gasteiger partial charge in [-0.3, -0.25) is 0 Å². The lowest BCUT2D eigenvalue weighted by Crippen LogP contribution is -2.09.